The van der Waals surface area contributed by atoms with Gasteiger partial charge in [0.15, 0.2) is 15.7 Å². The van der Waals surface area contributed by atoms with Gasteiger partial charge in [0, 0.05) is 44.1 Å². The molecule has 42 heavy (non-hydrogen) atoms. The third kappa shape index (κ3) is 6.13. The fourth-order valence-electron chi connectivity index (χ4n) is 5.18. The molecule has 1 aliphatic carbocycles. The van der Waals surface area contributed by atoms with E-state index in [0.717, 1.165) is 35.7 Å². The average Bonchev–Trinajstić information content (AvgIpc) is 3.62. The summed E-state index contributed by atoms with van der Waals surface area (Å²) in [6, 6.07) is 3.59. The Morgan fingerprint density at radius 1 is 1.14 bits per heavy atom. The van der Waals surface area contributed by atoms with Crippen molar-refractivity contribution in [2.24, 2.45) is 11.3 Å². The van der Waals surface area contributed by atoms with Crippen LogP contribution in [-0.4, -0.2) is 82.5 Å². The molecule has 14 heteroatoms. The maximum absolute atomic E-state index is 12.5. The first-order valence-electron chi connectivity index (χ1n) is 14.0. The normalized spacial score (nSPS) is 21.5. The van der Waals surface area contributed by atoms with Gasteiger partial charge >= 0.3 is 0 Å². The number of aromatic nitrogens is 5. The SMILES string of the molecule is CC1(CO)CCN(c2cc(Nc3ccnc(-c4cnn(S(=O)(=O)C5CC5)c4)n3)ncc2C#CC2CCS(=O)(=O)C2)CC1. The van der Waals surface area contributed by atoms with Gasteiger partial charge in [-0.1, -0.05) is 18.8 Å². The summed E-state index contributed by atoms with van der Waals surface area (Å²) < 4.78 is 49.9. The molecule has 0 bridgehead atoms. The molecular formula is C28H33N7O5S2. The molecule has 1 unspecified atom stereocenters. The number of hydrogen-bond acceptors (Lipinski definition) is 11. The second-order valence-corrected chi connectivity index (χ2v) is 15.9. The molecule has 6 rings (SSSR count). The van der Waals surface area contributed by atoms with Crippen molar-refractivity contribution in [1.29, 1.82) is 0 Å². The van der Waals surface area contributed by atoms with Crippen molar-refractivity contribution in [3.8, 4) is 23.2 Å². The Kier molecular flexibility index (Phi) is 7.44. The topological polar surface area (TPSA) is 160 Å². The van der Waals surface area contributed by atoms with E-state index in [4.69, 9.17) is 0 Å². The van der Waals surface area contributed by atoms with Gasteiger partial charge in [0.05, 0.1) is 46.0 Å². The minimum atomic E-state index is -3.49. The smallest absolute Gasteiger partial charge is 0.256 e. The highest BCUT2D eigenvalue weighted by atomic mass is 32.2. The monoisotopic (exact) mass is 611 g/mol. The van der Waals surface area contributed by atoms with E-state index in [1.54, 1.807) is 18.5 Å². The lowest BCUT2D eigenvalue weighted by molar-refractivity contribution is 0.115. The molecule has 1 saturated carbocycles. The van der Waals surface area contributed by atoms with Crippen molar-refractivity contribution in [3.63, 3.8) is 0 Å². The lowest BCUT2D eigenvalue weighted by atomic mass is 9.81. The van der Waals surface area contributed by atoms with Crippen LogP contribution in [0, 0.1) is 23.2 Å². The summed E-state index contributed by atoms with van der Waals surface area (Å²) in [6.07, 6.45) is 9.61. The van der Waals surface area contributed by atoms with Crippen LogP contribution in [0.4, 0.5) is 17.3 Å². The van der Waals surface area contributed by atoms with Gasteiger partial charge in [-0.3, -0.25) is 0 Å². The van der Waals surface area contributed by atoms with E-state index in [1.807, 2.05) is 6.07 Å². The summed E-state index contributed by atoms with van der Waals surface area (Å²) in [5.41, 5.74) is 1.95. The van der Waals surface area contributed by atoms with Gasteiger partial charge in [-0.05, 0) is 43.6 Å². The van der Waals surface area contributed by atoms with E-state index in [-0.39, 0.29) is 34.7 Å². The summed E-state index contributed by atoms with van der Waals surface area (Å²) in [6.45, 7) is 3.69. The van der Waals surface area contributed by atoms with Crippen molar-refractivity contribution in [2.45, 2.75) is 44.3 Å². The molecule has 3 aromatic rings. The van der Waals surface area contributed by atoms with E-state index >= 15 is 0 Å². The summed E-state index contributed by atoms with van der Waals surface area (Å²) in [4.78, 5) is 15.6. The van der Waals surface area contributed by atoms with Crippen LogP contribution in [0.3, 0.4) is 0 Å². The van der Waals surface area contributed by atoms with Crippen LogP contribution >= 0.6 is 0 Å². The number of rotatable bonds is 7. The predicted molar refractivity (Wildman–Crippen MR) is 158 cm³/mol. The molecule has 5 heterocycles. The van der Waals surface area contributed by atoms with Crippen LogP contribution in [0.25, 0.3) is 11.4 Å². The maximum Gasteiger partial charge on any atom is 0.256 e. The number of pyridine rings is 1. The Morgan fingerprint density at radius 3 is 2.62 bits per heavy atom. The van der Waals surface area contributed by atoms with Crippen LogP contribution in [0.2, 0.25) is 0 Å². The molecule has 0 aromatic carbocycles. The molecule has 3 aliphatic rings. The minimum absolute atomic E-state index is 0.0857. The first-order chi connectivity index (χ1) is 20.0. The first kappa shape index (κ1) is 28.6. The molecule has 3 fully saturated rings. The number of anilines is 3. The number of sulfone groups is 1. The molecule has 0 spiro atoms. The van der Waals surface area contributed by atoms with Crippen LogP contribution < -0.4 is 10.2 Å². The van der Waals surface area contributed by atoms with Crippen molar-refractivity contribution < 1.29 is 21.9 Å². The summed E-state index contributed by atoms with van der Waals surface area (Å²) >= 11 is 0. The van der Waals surface area contributed by atoms with Gasteiger partial charge in [0.1, 0.15) is 11.6 Å². The third-order valence-electron chi connectivity index (χ3n) is 8.15. The van der Waals surface area contributed by atoms with Crippen molar-refractivity contribution in [2.75, 3.05) is 41.4 Å². The molecule has 0 radical (unpaired) electrons. The van der Waals surface area contributed by atoms with Crippen molar-refractivity contribution in [1.82, 2.24) is 24.1 Å². The highest BCUT2D eigenvalue weighted by molar-refractivity contribution is 7.91. The molecular weight excluding hydrogens is 578 g/mol. The van der Waals surface area contributed by atoms with Gasteiger partial charge in [-0.2, -0.15) is 9.19 Å². The first-order valence-corrected chi connectivity index (χ1v) is 17.3. The number of aliphatic hydroxyl groups excluding tert-OH is 1. The van der Waals surface area contributed by atoms with E-state index in [1.165, 1.54) is 12.4 Å². The van der Waals surface area contributed by atoms with Gasteiger partial charge in [0.25, 0.3) is 10.0 Å². The number of piperidine rings is 1. The standard InChI is InChI=1S/C28H33N7O5S2/c1-28(19-36)8-11-34(12-9-28)24-14-26(30-15-21(24)3-2-20-7-13-41(37,38)18-20)32-25-6-10-29-27(33-25)22-16-31-35(17-22)42(39,40)23-4-5-23/h6,10,14-17,20,23,36H,4-5,7-9,11-13,18-19H2,1H3,(H,29,30,32,33). The Hall–Kier alpha value is -3.54. The molecule has 0 amide bonds. The number of nitrogens with one attached hydrogen (secondary N) is 1. The number of nitrogens with zero attached hydrogens (tertiary/aromatic N) is 6. The molecule has 2 N–H and O–H groups in total. The largest absolute Gasteiger partial charge is 0.396 e. The summed E-state index contributed by atoms with van der Waals surface area (Å²) in [5.74, 6) is 7.74. The molecule has 12 nitrogen and oxygen atoms in total. The van der Waals surface area contributed by atoms with Crippen LogP contribution in [0.5, 0.6) is 0 Å². The van der Waals surface area contributed by atoms with Gasteiger partial charge < -0.3 is 15.3 Å². The molecule has 2 saturated heterocycles. The zero-order chi connectivity index (χ0) is 29.5. The van der Waals surface area contributed by atoms with E-state index in [9.17, 15) is 21.9 Å². The Bertz CT molecular complexity index is 1770. The highest BCUT2D eigenvalue weighted by Gasteiger charge is 2.38. The lowest BCUT2D eigenvalue weighted by Gasteiger charge is -2.39. The summed E-state index contributed by atoms with van der Waals surface area (Å²) in [5, 5.41) is 16.7. The van der Waals surface area contributed by atoms with Crippen LogP contribution in [-0.2, 0) is 19.9 Å². The highest BCUT2D eigenvalue weighted by Crippen LogP contribution is 2.35. The summed E-state index contributed by atoms with van der Waals surface area (Å²) in [7, 11) is -6.52. The fraction of sp³-hybridized carbons (Fsp3) is 0.500. The molecule has 1 atom stereocenters. The van der Waals surface area contributed by atoms with Gasteiger partial charge in [-0.15, -0.1) is 0 Å². The maximum atomic E-state index is 12.5. The molecule has 3 aromatic heterocycles. The third-order valence-corrected chi connectivity index (χ3v) is 12.0. The van der Waals surface area contributed by atoms with Crippen molar-refractivity contribution in [3.05, 3.63) is 42.5 Å². The quantitative estimate of drug-likeness (QED) is 0.377. The zero-order valence-electron chi connectivity index (χ0n) is 23.3. The van der Waals surface area contributed by atoms with E-state index in [0.29, 0.717) is 47.8 Å². The van der Waals surface area contributed by atoms with Crippen LogP contribution in [0.1, 0.15) is 44.6 Å². The van der Waals surface area contributed by atoms with Gasteiger partial charge in [0.2, 0.25) is 0 Å². The van der Waals surface area contributed by atoms with Crippen molar-refractivity contribution >= 4 is 37.2 Å². The van der Waals surface area contributed by atoms with Gasteiger partial charge in [-0.25, -0.2) is 31.8 Å². The molecule has 222 valence electrons. The van der Waals surface area contributed by atoms with E-state index in [2.05, 4.69) is 49.0 Å². The van der Waals surface area contributed by atoms with E-state index < -0.39 is 19.9 Å². The fourth-order valence-corrected chi connectivity index (χ4v) is 8.33. The number of aliphatic hydroxyl groups is 1. The lowest BCUT2D eigenvalue weighted by Crippen LogP contribution is -2.40. The number of hydrogen-bond donors (Lipinski definition) is 2. The predicted octanol–water partition coefficient (Wildman–Crippen LogP) is 2.20. The zero-order valence-corrected chi connectivity index (χ0v) is 24.9. The van der Waals surface area contributed by atoms with Crippen LogP contribution in [0.15, 0.2) is 36.9 Å². The minimum Gasteiger partial charge on any atom is -0.396 e. The second-order valence-electron chi connectivity index (χ2n) is 11.6. The second kappa shape index (κ2) is 10.9. The molecule has 2 aliphatic heterocycles. The average molecular weight is 612 g/mol. The Labute approximate surface area is 245 Å². The Morgan fingerprint density at radius 2 is 1.93 bits per heavy atom. The Balaban J connectivity index is 1.25.